The average molecular weight is 1400 g/mol. The zero-order valence-electron chi connectivity index (χ0n) is 61.6. The van der Waals surface area contributed by atoms with Gasteiger partial charge in [0.05, 0.1) is 26.4 Å². The van der Waals surface area contributed by atoms with Gasteiger partial charge in [0.1, 0.15) is 19.3 Å². The maximum atomic E-state index is 13.1. The molecule has 0 aliphatic carbocycles. The number of hydrogen-bond donors (Lipinski definition) is 3. The van der Waals surface area contributed by atoms with Crippen LogP contribution in [0.1, 0.15) is 407 Å². The number of rotatable bonds is 77. The molecule has 0 aromatic rings. The smallest absolute Gasteiger partial charge is 0.462 e. The zero-order valence-corrected chi connectivity index (χ0v) is 63.4. The van der Waals surface area contributed by atoms with Gasteiger partial charge in [0.15, 0.2) is 12.2 Å². The molecule has 0 aliphatic rings. The molecule has 0 fully saturated rings. The van der Waals surface area contributed by atoms with E-state index >= 15 is 0 Å². The molecule has 0 amide bonds. The van der Waals surface area contributed by atoms with Gasteiger partial charge < -0.3 is 33.8 Å². The van der Waals surface area contributed by atoms with Crippen LogP contribution in [0.25, 0.3) is 0 Å². The van der Waals surface area contributed by atoms with E-state index in [0.29, 0.717) is 25.7 Å². The van der Waals surface area contributed by atoms with Gasteiger partial charge in [0, 0.05) is 25.7 Å². The van der Waals surface area contributed by atoms with E-state index in [2.05, 4.69) is 27.7 Å². The Morgan fingerprint density at radius 3 is 0.621 bits per heavy atom. The summed E-state index contributed by atoms with van der Waals surface area (Å²) in [7, 11) is -9.90. The fraction of sp³-hybridized carbons (Fsp3) is 0.947. The van der Waals surface area contributed by atoms with Crippen molar-refractivity contribution in [3.05, 3.63) is 0 Å². The number of carbonyl (C=O) groups is 4. The molecular formula is C76H148O17P2. The second-order valence-corrected chi connectivity index (χ2v) is 30.3. The second kappa shape index (κ2) is 70.5. The Bertz CT molecular complexity index is 1810. The normalized spacial score (nSPS) is 13.9. The predicted molar refractivity (Wildman–Crippen MR) is 386 cm³/mol. The highest BCUT2D eigenvalue weighted by Gasteiger charge is 2.30. The number of hydrogen-bond acceptors (Lipinski definition) is 15. The number of phosphoric acid groups is 2. The first-order valence-electron chi connectivity index (χ1n) is 39.8. The van der Waals surface area contributed by atoms with E-state index in [1.54, 1.807) is 0 Å². The van der Waals surface area contributed by atoms with Gasteiger partial charge in [-0.1, -0.05) is 355 Å². The molecule has 0 saturated heterocycles. The Balaban J connectivity index is 5.18. The predicted octanol–water partition coefficient (Wildman–Crippen LogP) is 22.6. The van der Waals surface area contributed by atoms with Crippen molar-refractivity contribution < 1.29 is 80.2 Å². The lowest BCUT2D eigenvalue weighted by Gasteiger charge is -2.21. The SMILES string of the molecule is CCCCCCCCCCCCCCCCCCCCC(=O)OC[C@H](COP(=O)(O)OC[C@@H](O)COP(=O)(O)OC[C@@H](COC(=O)CCCCCCCCC)OC(=O)CCCCCCCCCCCCCC)OC(=O)CCCCCCCCCCCCCCCCCCCC. The summed E-state index contributed by atoms with van der Waals surface area (Å²) in [5.74, 6) is -2.12. The maximum Gasteiger partial charge on any atom is 0.472 e. The highest BCUT2D eigenvalue weighted by Crippen LogP contribution is 2.45. The number of ether oxygens (including phenoxy) is 4. The molecule has 0 radical (unpaired) electrons. The van der Waals surface area contributed by atoms with E-state index in [9.17, 15) is 43.2 Å². The van der Waals surface area contributed by atoms with Crippen LogP contribution >= 0.6 is 15.6 Å². The second-order valence-electron chi connectivity index (χ2n) is 27.4. The van der Waals surface area contributed by atoms with E-state index in [0.717, 1.165) is 103 Å². The summed E-state index contributed by atoms with van der Waals surface area (Å²) in [5.41, 5.74) is 0. The Morgan fingerprint density at radius 2 is 0.421 bits per heavy atom. The summed E-state index contributed by atoms with van der Waals surface area (Å²) in [6, 6.07) is 0. The number of carbonyl (C=O) groups excluding carboxylic acids is 4. The molecular weight excluding hydrogens is 1250 g/mol. The van der Waals surface area contributed by atoms with Crippen LogP contribution < -0.4 is 0 Å². The highest BCUT2D eigenvalue weighted by molar-refractivity contribution is 7.47. The van der Waals surface area contributed by atoms with Crippen molar-refractivity contribution in [1.82, 2.24) is 0 Å². The molecule has 5 atom stereocenters. The van der Waals surface area contributed by atoms with Crippen molar-refractivity contribution in [2.45, 2.75) is 425 Å². The number of aliphatic hydroxyl groups excluding tert-OH is 1. The quantitative estimate of drug-likeness (QED) is 0.0222. The molecule has 0 spiro atoms. The topological polar surface area (TPSA) is 237 Å². The van der Waals surface area contributed by atoms with Crippen molar-refractivity contribution in [1.29, 1.82) is 0 Å². The van der Waals surface area contributed by atoms with Crippen LogP contribution in [0.5, 0.6) is 0 Å². The first-order valence-corrected chi connectivity index (χ1v) is 42.8. The average Bonchev–Trinajstić information content (AvgIpc) is 2.99. The first-order chi connectivity index (χ1) is 46.2. The summed E-state index contributed by atoms with van der Waals surface area (Å²) in [6.45, 7) is 4.95. The molecule has 564 valence electrons. The van der Waals surface area contributed by atoms with Crippen LogP contribution in [-0.4, -0.2) is 96.7 Å². The van der Waals surface area contributed by atoms with Gasteiger partial charge >= 0.3 is 39.5 Å². The summed E-state index contributed by atoms with van der Waals surface area (Å²) >= 11 is 0. The van der Waals surface area contributed by atoms with Gasteiger partial charge in [0.25, 0.3) is 0 Å². The summed E-state index contributed by atoms with van der Waals surface area (Å²) < 4.78 is 68.4. The third-order valence-electron chi connectivity index (χ3n) is 17.9. The van der Waals surface area contributed by atoms with Crippen molar-refractivity contribution in [2.75, 3.05) is 39.6 Å². The molecule has 19 heteroatoms. The third kappa shape index (κ3) is 70.3. The summed E-state index contributed by atoms with van der Waals surface area (Å²) in [4.78, 5) is 72.7. The Morgan fingerprint density at radius 1 is 0.253 bits per heavy atom. The van der Waals surface area contributed by atoms with Gasteiger partial charge in [-0.05, 0) is 25.7 Å². The van der Waals surface area contributed by atoms with Crippen LogP contribution in [0.15, 0.2) is 0 Å². The molecule has 0 aromatic carbocycles. The van der Waals surface area contributed by atoms with Crippen molar-refractivity contribution in [3.8, 4) is 0 Å². The van der Waals surface area contributed by atoms with E-state index < -0.39 is 97.5 Å². The van der Waals surface area contributed by atoms with Crippen molar-refractivity contribution in [3.63, 3.8) is 0 Å². The minimum absolute atomic E-state index is 0.108. The van der Waals surface area contributed by atoms with Gasteiger partial charge in [-0.2, -0.15) is 0 Å². The maximum absolute atomic E-state index is 13.1. The van der Waals surface area contributed by atoms with Crippen LogP contribution in [-0.2, 0) is 65.4 Å². The van der Waals surface area contributed by atoms with Crippen LogP contribution in [0.3, 0.4) is 0 Å². The number of unbranched alkanes of at least 4 members (excludes halogenated alkanes) is 51. The minimum atomic E-state index is -4.96. The van der Waals surface area contributed by atoms with Gasteiger partial charge in [-0.3, -0.25) is 37.3 Å². The van der Waals surface area contributed by atoms with Gasteiger partial charge in [0.2, 0.25) is 0 Å². The molecule has 0 aromatic heterocycles. The fourth-order valence-corrected chi connectivity index (χ4v) is 13.3. The largest absolute Gasteiger partial charge is 0.472 e. The molecule has 0 bridgehead atoms. The standard InChI is InChI=1S/C76H148O17P2/c1-5-9-13-17-21-24-27-30-32-34-36-38-40-43-45-49-53-57-61-74(79)87-67-72(93-76(81)63-59-55-51-47-44-41-39-37-35-33-31-28-25-22-18-14-10-6-2)69-91-95(84,85)89-65-70(77)64-88-94(82,83)90-68-71(66-86-73(78)60-56-52-48-20-16-12-8-4)92-75(80)62-58-54-50-46-42-29-26-23-19-15-11-7-3/h70-72,77H,5-69H2,1-4H3,(H,82,83)(H,84,85)/t70-,71+,72+/m0/s1. The zero-order chi connectivity index (χ0) is 69.7. The molecule has 17 nitrogen and oxygen atoms in total. The van der Waals surface area contributed by atoms with Gasteiger partial charge in [-0.25, -0.2) is 9.13 Å². The Labute approximate surface area is 581 Å². The lowest BCUT2D eigenvalue weighted by Crippen LogP contribution is -2.30. The molecule has 0 heterocycles. The highest BCUT2D eigenvalue weighted by atomic mass is 31.2. The summed E-state index contributed by atoms with van der Waals surface area (Å²) in [6.07, 6.45) is 61.2. The molecule has 0 aliphatic heterocycles. The Kier molecular flexibility index (Phi) is 69.1. The molecule has 0 saturated carbocycles. The van der Waals surface area contributed by atoms with Crippen molar-refractivity contribution in [2.24, 2.45) is 0 Å². The molecule has 0 rings (SSSR count). The lowest BCUT2D eigenvalue weighted by molar-refractivity contribution is -0.161. The number of aliphatic hydroxyl groups is 1. The fourth-order valence-electron chi connectivity index (χ4n) is 11.8. The third-order valence-corrected chi connectivity index (χ3v) is 19.8. The molecule has 2 unspecified atom stereocenters. The molecule has 95 heavy (non-hydrogen) atoms. The van der Waals surface area contributed by atoms with Crippen LogP contribution in [0.4, 0.5) is 0 Å². The number of phosphoric ester groups is 2. The van der Waals surface area contributed by atoms with Crippen LogP contribution in [0, 0.1) is 0 Å². The lowest BCUT2D eigenvalue weighted by atomic mass is 10.0. The van der Waals surface area contributed by atoms with E-state index in [1.165, 1.54) is 225 Å². The Hall–Kier alpha value is -1.94. The minimum Gasteiger partial charge on any atom is -0.462 e. The van der Waals surface area contributed by atoms with Crippen molar-refractivity contribution >= 4 is 39.5 Å². The van der Waals surface area contributed by atoms with E-state index in [-0.39, 0.29) is 25.7 Å². The summed E-state index contributed by atoms with van der Waals surface area (Å²) in [5, 5.41) is 10.6. The first kappa shape index (κ1) is 93.1. The monoisotopic (exact) mass is 1400 g/mol. The number of esters is 4. The van der Waals surface area contributed by atoms with Gasteiger partial charge in [-0.15, -0.1) is 0 Å². The van der Waals surface area contributed by atoms with E-state index in [4.69, 9.17) is 37.0 Å². The van der Waals surface area contributed by atoms with E-state index in [1.807, 2.05) is 0 Å². The van der Waals surface area contributed by atoms with Crippen LogP contribution in [0.2, 0.25) is 0 Å². The molecule has 3 N–H and O–H groups in total.